The molecule has 4 nitrogen and oxygen atoms in total. The van der Waals surface area contributed by atoms with Crippen LogP contribution in [-0.2, 0) is 6.54 Å². The van der Waals surface area contributed by atoms with Gasteiger partial charge in [0.05, 0.1) is 11.4 Å². The Balaban J connectivity index is 1.39. The minimum atomic E-state index is 0.648. The van der Waals surface area contributed by atoms with E-state index in [-0.39, 0.29) is 0 Å². The van der Waals surface area contributed by atoms with Gasteiger partial charge in [0.25, 0.3) is 0 Å². The van der Waals surface area contributed by atoms with Crippen LogP contribution in [0.2, 0.25) is 0 Å². The second kappa shape index (κ2) is 5.62. The van der Waals surface area contributed by atoms with Gasteiger partial charge in [-0.3, -0.25) is 4.90 Å². The van der Waals surface area contributed by atoms with Crippen molar-refractivity contribution in [2.45, 2.75) is 37.9 Å². The van der Waals surface area contributed by atoms with Gasteiger partial charge in [0.1, 0.15) is 0 Å². The molecule has 2 aromatic rings. The van der Waals surface area contributed by atoms with E-state index in [2.05, 4.69) is 33.5 Å². The van der Waals surface area contributed by atoms with Crippen LogP contribution in [0.4, 0.5) is 0 Å². The van der Waals surface area contributed by atoms with E-state index in [1.54, 1.807) is 0 Å². The zero-order chi connectivity index (χ0) is 14.1. The van der Waals surface area contributed by atoms with Crippen LogP contribution in [0.5, 0.6) is 0 Å². The molecule has 0 radical (unpaired) electrons. The smallest absolute Gasteiger partial charge is 0.0766 e. The molecule has 2 saturated heterocycles. The van der Waals surface area contributed by atoms with Crippen molar-refractivity contribution in [2.75, 3.05) is 13.1 Å². The number of nitrogens with one attached hydrogen (secondary N) is 1. The summed E-state index contributed by atoms with van der Waals surface area (Å²) in [5.74, 6) is 0. The molecule has 4 rings (SSSR count). The molecule has 2 fully saturated rings. The SMILES string of the molecule is c1ccc(-n2ccc(CNC3CCN4CCCC34)n2)cc1. The van der Waals surface area contributed by atoms with E-state index in [0.717, 1.165) is 24.0 Å². The predicted molar refractivity (Wildman–Crippen MR) is 83.4 cm³/mol. The summed E-state index contributed by atoms with van der Waals surface area (Å²) in [4.78, 5) is 2.64. The van der Waals surface area contributed by atoms with Gasteiger partial charge in [0.2, 0.25) is 0 Å². The fourth-order valence-corrected chi connectivity index (χ4v) is 3.74. The third-order valence-electron chi connectivity index (χ3n) is 4.82. The van der Waals surface area contributed by atoms with Crippen LogP contribution in [0.3, 0.4) is 0 Å². The lowest BCUT2D eigenvalue weighted by Crippen LogP contribution is -2.38. The second-order valence-electron chi connectivity index (χ2n) is 6.11. The van der Waals surface area contributed by atoms with Crippen molar-refractivity contribution in [3.63, 3.8) is 0 Å². The first kappa shape index (κ1) is 13.0. The van der Waals surface area contributed by atoms with E-state index in [9.17, 15) is 0 Å². The van der Waals surface area contributed by atoms with Crippen molar-refractivity contribution < 1.29 is 0 Å². The number of nitrogens with zero attached hydrogens (tertiary/aromatic N) is 3. The minimum Gasteiger partial charge on any atom is -0.307 e. The maximum atomic E-state index is 4.67. The number of rotatable bonds is 4. The second-order valence-corrected chi connectivity index (χ2v) is 6.11. The van der Waals surface area contributed by atoms with Gasteiger partial charge < -0.3 is 5.32 Å². The van der Waals surface area contributed by atoms with Gasteiger partial charge in [0.15, 0.2) is 0 Å². The lowest BCUT2D eigenvalue weighted by Gasteiger charge is -2.20. The highest BCUT2D eigenvalue weighted by Crippen LogP contribution is 2.27. The summed E-state index contributed by atoms with van der Waals surface area (Å²) in [6.45, 7) is 3.43. The van der Waals surface area contributed by atoms with E-state index in [1.807, 2.05) is 29.1 Å². The van der Waals surface area contributed by atoms with Crippen molar-refractivity contribution in [1.29, 1.82) is 0 Å². The molecule has 1 N–H and O–H groups in total. The van der Waals surface area contributed by atoms with Crippen molar-refractivity contribution >= 4 is 0 Å². The number of hydrogen-bond acceptors (Lipinski definition) is 3. The Labute approximate surface area is 125 Å². The van der Waals surface area contributed by atoms with Crippen LogP contribution in [0.15, 0.2) is 42.6 Å². The zero-order valence-corrected chi connectivity index (χ0v) is 12.3. The molecule has 2 aliphatic rings. The van der Waals surface area contributed by atoms with E-state index in [1.165, 1.54) is 32.4 Å². The topological polar surface area (TPSA) is 33.1 Å². The third-order valence-corrected chi connectivity index (χ3v) is 4.82. The van der Waals surface area contributed by atoms with Crippen LogP contribution in [0, 0.1) is 0 Å². The van der Waals surface area contributed by atoms with Crippen molar-refractivity contribution in [2.24, 2.45) is 0 Å². The highest BCUT2D eigenvalue weighted by molar-refractivity contribution is 5.30. The van der Waals surface area contributed by atoms with Gasteiger partial charge in [-0.15, -0.1) is 0 Å². The highest BCUT2D eigenvalue weighted by atomic mass is 15.3. The maximum absolute atomic E-state index is 4.67. The largest absolute Gasteiger partial charge is 0.307 e. The summed E-state index contributed by atoms with van der Waals surface area (Å²) in [5, 5.41) is 8.38. The van der Waals surface area contributed by atoms with Crippen molar-refractivity contribution in [3.05, 3.63) is 48.3 Å². The Bertz CT molecular complexity index is 592. The molecule has 3 heterocycles. The Hall–Kier alpha value is -1.65. The highest BCUT2D eigenvalue weighted by Gasteiger charge is 2.36. The van der Waals surface area contributed by atoms with Gasteiger partial charge in [-0.05, 0) is 44.0 Å². The molecule has 0 saturated carbocycles. The van der Waals surface area contributed by atoms with Gasteiger partial charge in [0, 0.05) is 31.4 Å². The van der Waals surface area contributed by atoms with Gasteiger partial charge in [-0.25, -0.2) is 4.68 Å². The first-order chi connectivity index (χ1) is 10.4. The summed E-state index contributed by atoms with van der Waals surface area (Å²) in [6, 6.07) is 13.8. The molecule has 0 bridgehead atoms. The molecule has 2 unspecified atom stereocenters. The average molecular weight is 282 g/mol. The zero-order valence-electron chi connectivity index (χ0n) is 12.3. The number of benzene rings is 1. The van der Waals surface area contributed by atoms with Crippen LogP contribution in [0.1, 0.15) is 25.0 Å². The normalized spacial score (nSPS) is 25.3. The Morgan fingerprint density at radius 2 is 2.00 bits per heavy atom. The molecule has 1 aromatic heterocycles. The number of hydrogen-bond donors (Lipinski definition) is 1. The van der Waals surface area contributed by atoms with E-state index >= 15 is 0 Å². The summed E-state index contributed by atoms with van der Waals surface area (Å²) in [7, 11) is 0. The lowest BCUT2D eigenvalue weighted by atomic mass is 10.1. The van der Waals surface area contributed by atoms with Crippen molar-refractivity contribution in [1.82, 2.24) is 20.0 Å². The van der Waals surface area contributed by atoms with Crippen LogP contribution in [-0.4, -0.2) is 39.9 Å². The predicted octanol–water partition coefficient (Wildman–Crippen LogP) is 2.20. The molecule has 2 atom stereocenters. The Morgan fingerprint density at radius 3 is 2.90 bits per heavy atom. The molecular formula is C17H22N4. The van der Waals surface area contributed by atoms with Crippen LogP contribution < -0.4 is 5.32 Å². The lowest BCUT2D eigenvalue weighted by molar-refractivity contribution is 0.298. The average Bonchev–Trinajstić information content (AvgIpc) is 3.23. The Kier molecular flexibility index (Phi) is 3.49. The van der Waals surface area contributed by atoms with Gasteiger partial charge in [-0.2, -0.15) is 5.10 Å². The van der Waals surface area contributed by atoms with E-state index in [0.29, 0.717) is 6.04 Å². The summed E-state index contributed by atoms with van der Waals surface area (Å²) in [5.41, 5.74) is 2.24. The number of fused-ring (bicyclic) bond motifs is 1. The first-order valence-electron chi connectivity index (χ1n) is 7.97. The fourth-order valence-electron chi connectivity index (χ4n) is 3.74. The number of para-hydroxylation sites is 1. The standard InChI is InChI=1S/C17H22N4/c1-2-5-15(6-3-1)21-12-8-14(19-21)13-18-16-9-11-20-10-4-7-17(16)20/h1-3,5-6,8,12,16-18H,4,7,9-11,13H2. The molecule has 4 heteroatoms. The molecule has 0 aliphatic carbocycles. The molecule has 110 valence electrons. The van der Waals surface area contributed by atoms with E-state index in [4.69, 9.17) is 0 Å². The molecule has 0 amide bonds. The molecular weight excluding hydrogens is 260 g/mol. The molecule has 2 aliphatic heterocycles. The minimum absolute atomic E-state index is 0.648. The van der Waals surface area contributed by atoms with Crippen LogP contribution in [0.25, 0.3) is 5.69 Å². The van der Waals surface area contributed by atoms with Crippen LogP contribution >= 0.6 is 0 Å². The molecule has 21 heavy (non-hydrogen) atoms. The summed E-state index contributed by atoms with van der Waals surface area (Å²) < 4.78 is 1.95. The Morgan fingerprint density at radius 1 is 1.10 bits per heavy atom. The van der Waals surface area contributed by atoms with Gasteiger partial charge >= 0.3 is 0 Å². The molecule has 0 spiro atoms. The van der Waals surface area contributed by atoms with E-state index < -0.39 is 0 Å². The first-order valence-corrected chi connectivity index (χ1v) is 7.97. The summed E-state index contributed by atoms with van der Waals surface area (Å²) in [6.07, 6.45) is 6.05. The number of aromatic nitrogens is 2. The van der Waals surface area contributed by atoms with Crippen molar-refractivity contribution in [3.8, 4) is 5.69 Å². The third kappa shape index (κ3) is 2.61. The molecule has 1 aromatic carbocycles. The summed E-state index contributed by atoms with van der Waals surface area (Å²) >= 11 is 0. The van der Waals surface area contributed by atoms with Gasteiger partial charge in [-0.1, -0.05) is 18.2 Å². The quantitative estimate of drug-likeness (QED) is 0.933. The fraction of sp³-hybridized carbons (Fsp3) is 0.471. The maximum Gasteiger partial charge on any atom is 0.0766 e. The monoisotopic (exact) mass is 282 g/mol.